The van der Waals surface area contributed by atoms with Gasteiger partial charge in [0.2, 0.25) is 6.23 Å². The number of rotatable bonds is 4. The van der Waals surface area contributed by atoms with Gasteiger partial charge in [0, 0.05) is 17.2 Å². The van der Waals surface area contributed by atoms with Crippen LogP contribution in [0.15, 0.2) is 47.5 Å². The molecule has 0 spiro atoms. The van der Waals surface area contributed by atoms with E-state index in [0.29, 0.717) is 23.8 Å². The van der Waals surface area contributed by atoms with E-state index >= 15 is 0 Å². The van der Waals surface area contributed by atoms with E-state index < -0.39 is 6.23 Å². The molecule has 1 atom stereocenters. The molecule has 0 aromatic heterocycles. The van der Waals surface area contributed by atoms with Gasteiger partial charge in [-0.3, -0.25) is 0 Å². The average molecular weight is 298 g/mol. The monoisotopic (exact) mass is 298 g/mol. The van der Waals surface area contributed by atoms with Crippen LogP contribution in [0.25, 0.3) is 0 Å². The van der Waals surface area contributed by atoms with E-state index in [9.17, 15) is 5.11 Å². The lowest BCUT2D eigenvalue weighted by atomic mass is 10.1. The van der Waals surface area contributed by atoms with Crippen molar-refractivity contribution in [3.63, 3.8) is 0 Å². The number of benzene rings is 2. The average Bonchev–Trinajstić information content (AvgIpc) is 2.97. The van der Waals surface area contributed by atoms with Gasteiger partial charge in [0.05, 0.1) is 6.61 Å². The first-order chi connectivity index (χ1) is 10.7. The Hall–Kier alpha value is -2.53. The highest BCUT2D eigenvalue weighted by atomic mass is 16.7. The van der Waals surface area contributed by atoms with Crippen molar-refractivity contribution in [2.24, 2.45) is 4.99 Å². The van der Waals surface area contributed by atoms with E-state index in [1.54, 1.807) is 18.2 Å². The summed E-state index contributed by atoms with van der Waals surface area (Å²) in [6, 6.07) is 13.1. The Morgan fingerprint density at radius 1 is 1.27 bits per heavy atom. The SMILES string of the molecule is CCOc1ccc(C2N=C(c3ccccc3C)NO2)c(O)c1. The zero-order valence-electron chi connectivity index (χ0n) is 12.5. The molecule has 5 nitrogen and oxygen atoms in total. The number of aromatic hydroxyl groups is 1. The van der Waals surface area contributed by atoms with Crippen molar-refractivity contribution in [3.05, 3.63) is 59.2 Å². The summed E-state index contributed by atoms with van der Waals surface area (Å²) >= 11 is 0. The van der Waals surface area contributed by atoms with E-state index in [1.807, 2.05) is 38.1 Å². The first-order valence-electron chi connectivity index (χ1n) is 7.20. The number of hydrogen-bond acceptors (Lipinski definition) is 5. The van der Waals surface area contributed by atoms with Crippen LogP contribution in [0.3, 0.4) is 0 Å². The van der Waals surface area contributed by atoms with E-state index in [0.717, 1.165) is 11.1 Å². The van der Waals surface area contributed by atoms with Crippen molar-refractivity contribution < 1.29 is 14.7 Å². The largest absolute Gasteiger partial charge is 0.507 e. The molecule has 1 unspecified atom stereocenters. The van der Waals surface area contributed by atoms with Crippen LogP contribution >= 0.6 is 0 Å². The van der Waals surface area contributed by atoms with Crippen LogP contribution in [-0.2, 0) is 4.84 Å². The molecule has 0 fully saturated rings. The lowest BCUT2D eigenvalue weighted by Gasteiger charge is -2.10. The van der Waals surface area contributed by atoms with Gasteiger partial charge in [-0.25, -0.2) is 15.3 Å². The molecule has 0 saturated heterocycles. The number of nitrogens with one attached hydrogen (secondary N) is 1. The fraction of sp³-hybridized carbons (Fsp3) is 0.235. The van der Waals surface area contributed by atoms with Crippen molar-refractivity contribution in [1.29, 1.82) is 0 Å². The Labute approximate surface area is 129 Å². The van der Waals surface area contributed by atoms with E-state index in [4.69, 9.17) is 9.57 Å². The molecule has 2 N–H and O–H groups in total. The van der Waals surface area contributed by atoms with Crippen LogP contribution in [0, 0.1) is 6.92 Å². The molecule has 22 heavy (non-hydrogen) atoms. The Morgan fingerprint density at radius 2 is 2.09 bits per heavy atom. The summed E-state index contributed by atoms with van der Waals surface area (Å²) in [5.41, 5.74) is 5.52. The number of nitrogens with zero attached hydrogens (tertiary/aromatic N) is 1. The Balaban J connectivity index is 1.87. The normalized spacial score (nSPS) is 17.0. The van der Waals surface area contributed by atoms with Gasteiger partial charge >= 0.3 is 0 Å². The van der Waals surface area contributed by atoms with Crippen LogP contribution in [0.2, 0.25) is 0 Å². The second-order valence-electron chi connectivity index (χ2n) is 5.02. The summed E-state index contributed by atoms with van der Waals surface area (Å²) in [5, 5.41) is 10.1. The standard InChI is InChI=1S/C17H18N2O3/c1-3-21-12-8-9-14(15(20)10-12)17-18-16(19-22-17)13-7-5-4-6-11(13)2/h4-10,17,20H,3H2,1-2H3,(H,18,19). The summed E-state index contributed by atoms with van der Waals surface area (Å²) in [4.78, 5) is 10.00. The van der Waals surface area contributed by atoms with Crippen molar-refractivity contribution >= 4 is 5.84 Å². The van der Waals surface area contributed by atoms with Gasteiger partial charge in [-0.2, -0.15) is 0 Å². The molecule has 2 aromatic carbocycles. The second kappa shape index (κ2) is 6.07. The van der Waals surface area contributed by atoms with E-state index in [-0.39, 0.29) is 5.75 Å². The number of hydroxylamine groups is 1. The lowest BCUT2D eigenvalue weighted by molar-refractivity contribution is 0.0362. The third kappa shape index (κ3) is 2.76. The van der Waals surface area contributed by atoms with E-state index in [2.05, 4.69) is 10.5 Å². The molecular formula is C17H18N2O3. The first-order valence-corrected chi connectivity index (χ1v) is 7.20. The zero-order chi connectivity index (χ0) is 15.5. The number of phenolic OH excluding ortho intramolecular Hbond substituents is 1. The Kier molecular flexibility index (Phi) is 3.98. The third-order valence-corrected chi connectivity index (χ3v) is 3.49. The molecule has 1 heterocycles. The minimum absolute atomic E-state index is 0.104. The topological polar surface area (TPSA) is 63.1 Å². The molecule has 5 heteroatoms. The minimum atomic E-state index is -0.578. The highest BCUT2D eigenvalue weighted by Crippen LogP contribution is 2.33. The maximum atomic E-state index is 10.1. The van der Waals surface area contributed by atoms with Gasteiger partial charge < -0.3 is 9.84 Å². The van der Waals surface area contributed by atoms with Crippen LogP contribution in [-0.4, -0.2) is 17.5 Å². The van der Waals surface area contributed by atoms with Crippen LogP contribution in [0.5, 0.6) is 11.5 Å². The van der Waals surface area contributed by atoms with Gasteiger partial charge in [-0.05, 0) is 31.5 Å². The minimum Gasteiger partial charge on any atom is -0.507 e. The number of aryl methyl sites for hydroxylation is 1. The fourth-order valence-corrected chi connectivity index (χ4v) is 2.37. The quantitative estimate of drug-likeness (QED) is 0.910. The van der Waals surface area contributed by atoms with Crippen LogP contribution < -0.4 is 10.2 Å². The molecule has 0 saturated carbocycles. The molecule has 0 aliphatic carbocycles. The fourth-order valence-electron chi connectivity index (χ4n) is 2.37. The first kappa shape index (κ1) is 14.4. The van der Waals surface area contributed by atoms with Gasteiger partial charge in [-0.15, -0.1) is 0 Å². The number of phenols is 1. The highest BCUT2D eigenvalue weighted by molar-refractivity contribution is 6.00. The summed E-state index contributed by atoms with van der Waals surface area (Å²) in [6.07, 6.45) is -0.578. The van der Waals surface area contributed by atoms with Crippen LogP contribution in [0.4, 0.5) is 0 Å². The molecule has 3 rings (SSSR count). The highest BCUT2D eigenvalue weighted by Gasteiger charge is 2.24. The van der Waals surface area contributed by atoms with E-state index in [1.165, 1.54) is 0 Å². The van der Waals surface area contributed by atoms with Crippen molar-refractivity contribution in [2.75, 3.05) is 6.61 Å². The molecule has 0 bridgehead atoms. The number of ether oxygens (including phenoxy) is 1. The van der Waals surface area contributed by atoms with Crippen molar-refractivity contribution in [2.45, 2.75) is 20.1 Å². The molecule has 0 radical (unpaired) electrons. The predicted molar refractivity (Wildman–Crippen MR) is 84.0 cm³/mol. The molecular weight excluding hydrogens is 280 g/mol. The summed E-state index contributed by atoms with van der Waals surface area (Å²) in [5.74, 6) is 1.39. The smallest absolute Gasteiger partial charge is 0.206 e. The Morgan fingerprint density at radius 3 is 2.82 bits per heavy atom. The number of amidine groups is 1. The lowest BCUT2D eigenvalue weighted by Crippen LogP contribution is -2.19. The maximum absolute atomic E-state index is 10.1. The van der Waals surface area contributed by atoms with Gasteiger partial charge in [0.15, 0.2) is 5.84 Å². The van der Waals surface area contributed by atoms with Gasteiger partial charge in [0.25, 0.3) is 0 Å². The Bertz CT molecular complexity index is 713. The zero-order valence-corrected chi connectivity index (χ0v) is 12.5. The molecule has 1 aliphatic heterocycles. The molecule has 1 aliphatic rings. The third-order valence-electron chi connectivity index (χ3n) is 3.49. The summed E-state index contributed by atoms with van der Waals surface area (Å²) in [7, 11) is 0. The van der Waals surface area contributed by atoms with Crippen LogP contribution in [0.1, 0.15) is 29.8 Å². The summed E-state index contributed by atoms with van der Waals surface area (Å²) < 4.78 is 5.36. The van der Waals surface area contributed by atoms with Crippen molar-refractivity contribution in [3.8, 4) is 11.5 Å². The number of aliphatic imine (C=N–C) groups is 1. The molecule has 0 amide bonds. The van der Waals surface area contributed by atoms with Gasteiger partial charge in [-0.1, -0.05) is 24.3 Å². The predicted octanol–water partition coefficient (Wildman–Crippen LogP) is 3.08. The van der Waals surface area contributed by atoms with Crippen molar-refractivity contribution in [1.82, 2.24) is 5.48 Å². The molecule has 114 valence electrons. The van der Waals surface area contributed by atoms with Gasteiger partial charge in [0.1, 0.15) is 11.5 Å². The summed E-state index contributed by atoms with van der Waals surface area (Å²) in [6.45, 7) is 4.46. The second-order valence-corrected chi connectivity index (χ2v) is 5.02. The number of hydrogen-bond donors (Lipinski definition) is 2. The maximum Gasteiger partial charge on any atom is 0.206 e. The molecule has 2 aromatic rings.